The smallest absolute Gasteiger partial charge is 0.334 e. The van der Waals surface area contributed by atoms with E-state index in [0.717, 1.165) is 36.0 Å². The second-order valence-electron chi connectivity index (χ2n) is 17.2. The van der Waals surface area contributed by atoms with Gasteiger partial charge >= 0.3 is 17.9 Å². The Morgan fingerprint density at radius 3 is 2.35 bits per heavy atom. The van der Waals surface area contributed by atoms with Crippen molar-refractivity contribution >= 4 is 23.7 Å². The summed E-state index contributed by atoms with van der Waals surface area (Å²) in [6.07, 6.45) is 7.01. The number of esters is 3. The molecule has 0 bridgehead atoms. The van der Waals surface area contributed by atoms with Crippen LogP contribution in [0.5, 0.6) is 0 Å². The molecule has 0 spiro atoms. The minimum absolute atomic E-state index is 0.0438. The van der Waals surface area contributed by atoms with Crippen molar-refractivity contribution in [2.24, 2.45) is 39.9 Å². The number of carbonyl (C=O) groups excluding carboxylic acids is 4. The average Bonchev–Trinajstić information content (AvgIpc) is 3.37. The normalized spacial score (nSPS) is 33.6. The second kappa shape index (κ2) is 16.8. The first kappa shape index (κ1) is 41.1. The zero-order valence-corrected chi connectivity index (χ0v) is 33.2. The molecule has 1 aromatic rings. The van der Waals surface area contributed by atoms with E-state index in [4.69, 9.17) is 14.2 Å². The van der Waals surface area contributed by atoms with E-state index in [9.17, 15) is 29.3 Å². The fourth-order valence-corrected chi connectivity index (χ4v) is 11.2. The van der Waals surface area contributed by atoms with Crippen LogP contribution in [0.2, 0.25) is 0 Å². The highest BCUT2D eigenvalue weighted by atomic mass is 16.9. The van der Waals surface area contributed by atoms with E-state index in [0.29, 0.717) is 44.1 Å². The summed E-state index contributed by atoms with van der Waals surface area (Å²) in [4.78, 5) is 69.2. The van der Waals surface area contributed by atoms with E-state index >= 15 is 0 Å². The number of benzene rings is 1. The molecule has 0 radical (unpaired) electrons. The molecule has 4 aliphatic rings. The lowest BCUT2D eigenvalue weighted by Crippen LogP contribution is -2.64. The highest BCUT2D eigenvalue weighted by molar-refractivity contribution is 5.91. The highest BCUT2D eigenvalue weighted by Gasteiger charge is 2.71. The van der Waals surface area contributed by atoms with Crippen LogP contribution in [-0.2, 0) is 44.8 Å². The summed E-state index contributed by atoms with van der Waals surface area (Å²) in [5, 5.41) is 9.57. The van der Waals surface area contributed by atoms with E-state index in [-0.39, 0.29) is 73.0 Å². The van der Waals surface area contributed by atoms with Crippen LogP contribution in [0, 0.1) is 50.0 Å². The minimum atomic E-state index is -0.832. The highest BCUT2D eigenvalue weighted by Crippen LogP contribution is 2.73. The summed E-state index contributed by atoms with van der Waals surface area (Å²) in [7, 11) is 0. The lowest BCUT2D eigenvalue weighted by atomic mass is 9.37. The van der Waals surface area contributed by atoms with Gasteiger partial charge in [-0.3, -0.25) is 14.4 Å². The molecule has 296 valence electrons. The Balaban J connectivity index is 1.43. The number of fused-ring (bicyclic) bond motifs is 5. The van der Waals surface area contributed by atoms with Gasteiger partial charge in [-0.2, -0.15) is 0 Å². The first-order valence-corrected chi connectivity index (χ1v) is 19.8. The third-order valence-electron chi connectivity index (χ3n) is 13.8. The number of Topliss-reactive ketones (excluding diaryl/α,β-unsaturated/α-hetero) is 1. The van der Waals surface area contributed by atoms with E-state index in [1.54, 1.807) is 0 Å². The largest absolute Gasteiger partial charge is 0.462 e. The molecule has 0 aliphatic heterocycles. The predicted octanol–water partition coefficient (Wildman–Crippen LogP) is 8.46. The summed E-state index contributed by atoms with van der Waals surface area (Å²) in [5.41, 5.74) is 2.07. The molecule has 0 amide bonds. The quantitative estimate of drug-likeness (QED) is 0.0345. The number of allylic oxidation sites excluding steroid dienone is 2. The van der Waals surface area contributed by atoms with E-state index in [1.807, 2.05) is 44.2 Å². The van der Waals surface area contributed by atoms with Crippen molar-refractivity contribution in [3.8, 4) is 0 Å². The van der Waals surface area contributed by atoms with Crippen LogP contribution in [0.3, 0.4) is 0 Å². The summed E-state index contributed by atoms with van der Waals surface area (Å²) in [6.45, 7) is 14.4. The molecule has 1 aromatic carbocycles. The lowest BCUT2D eigenvalue weighted by molar-refractivity contribution is -0.757. The van der Waals surface area contributed by atoms with Crippen molar-refractivity contribution in [1.82, 2.24) is 0 Å². The maximum atomic E-state index is 14.8. The van der Waals surface area contributed by atoms with E-state index in [1.165, 1.54) is 6.92 Å². The summed E-state index contributed by atoms with van der Waals surface area (Å²) >= 11 is 0. The van der Waals surface area contributed by atoms with Gasteiger partial charge in [-0.25, -0.2) is 4.79 Å². The van der Waals surface area contributed by atoms with Crippen LogP contribution in [0.4, 0.5) is 0 Å². The Hall–Kier alpha value is -4.02. The molecule has 0 N–H and O–H groups in total. The molecular formula is C43H59NO10. The molecule has 4 fully saturated rings. The second-order valence-corrected chi connectivity index (χ2v) is 17.2. The first-order chi connectivity index (χ1) is 25.5. The molecule has 4 saturated carbocycles. The minimum Gasteiger partial charge on any atom is -0.462 e. The van der Waals surface area contributed by atoms with Gasteiger partial charge in [0.25, 0.3) is 5.09 Å². The standard InChI is InChI=1S/C43H59NO10/c1-27(2)14-13-17-31(40(48)51-26-30-15-9-8-10-16-30)38-33-24-34(46)39-41(5)21-20-35(54-37(47)18-11-12-23-52-44(49)50)28(3)32(41)19-22-42(39,6)43(33,7)25-36(38)53-29(4)45/h8-10,14-16,28,32-33,35-36,39H,11-13,17-26H2,1-7H3/b38-31-/t28-,32?,33?,35+,36-,39?,41-,42-,43-/m0/s1. The van der Waals surface area contributed by atoms with Gasteiger partial charge in [0, 0.05) is 31.3 Å². The number of ketones is 1. The van der Waals surface area contributed by atoms with Crippen molar-refractivity contribution in [3.63, 3.8) is 0 Å². The van der Waals surface area contributed by atoms with Gasteiger partial charge < -0.3 is 19.0 Å². The summed E-state index contributed by atoms with van der Waals surface area (Å²) in [5.74, 6) is -1.31. The Bertz CT molecular complexity index is 1650. The number of rotatable bonds is 14. The first-order valence-electron chi connectivity index (χ1n) is 19.8. The van der Waals surface area contributed by atoms with Crippen LogP contribution < -0.4 is 0 Å². The van der Waals surface area contributed by atoms with Gasteiger partial charge in [0.15, 0.2) is 0 Å². The SMILES string of the molecule is CC(=O)O[C@H]1C[C@@]2(C)C(CC(=O)C3[C@@]4(C)CC[C@@H](OC(=O)CCCCO[N+](=O)[O-])[C@@H](C)C4CC[C@@]32C)/C1=C(\CCC=C(C)C)C(=O)OCc1ccccc1. The maximum absolute atomic E-state index is 14.8. The molecule has 0 aromatic heterocycles. The zero-order chi connectivity index (χ0) is 39.4. The molecule has 54 heavy (non-hydrogen) atoms. The Morgan fingerprint density at radius 2 is 1.69 bits per heavy atom. The van der Waals surface area contributed by atoms with Gasteiger partial charge in [-0.1, -0.05) is 69.7 Å². The zero-order valence-electron chi connectivity index (χ0n) is 33.2. The van der Waals surface area contributed by atoms with Gasteiger partial charge in [0.2, 0.25) is 0 Å². The molecule has 9 atom stereocenters. The summed E-state index contributed by atoms with van der Waals surface area (Å²) in [6, 6.07) is 9.54. The third-order valence-corrected chi connectivity index (χ3v) is 13.8. The molecule has 3 unspecified atom stereocenters. The molecule has 0 heterocycles. The topological polar surface area (TPSA) is 148 Å². The van der Waals surface area contributed by atoms with Crippen molar-refractivity contribution < 1.29 is 43.3 Å². The molecule has 4 aliphatic carbocycles. The van der Waals surface area contributed by atoms with E-state index in [2.05, 4.69) is 38.6 Å². The third kappa shape index (κ3) is 8.30. The number of nitrogens with zero attached hydrogens (tertiary/aromatic N) is 1. The average molecular weight is 750 g/mol. The van der Waals surface area contributed by atoms with Crippen LogP contribution in [0.1, 0.15) is 125 Å². The predicted molar refractivity (Wildman–Crippen MR) is 201 cm³/mol. The van der Waals surface area contributed by atoms with Crippen molar-refractivity contribution in [2.75, 3.05) is 6.61 Å². The number of ether oxygens (including phenoxy) is 3. The van der Waals surface area contributed by atoms with Crippen LogP contribution in [-0.4, -0.2) is 47.6 Å². The Labute approximate surface area is 319 Å². The Morgan fingerprint density at radius 1 is 0.963 bits per heavy atom. The van der Waals surface area contributed by atoms with Crippen LogP contribution >= 0.6 is 0 Å². The Kier molecular flexibility index (Phi) is 12.8. The number of carbonyl (C=O) groups is 4. The number of hydrogen-bond donors (Lipinski definition) is 0. The van der Waals surface area contributed by atoms with Gasteiger partial charge in [0.05, 0.1) is 6.61 Å². The lowest BCUT2D eigenvalue weighted by Gasteiger charge is -2.67. The monoisotopic (exact) mass is 749 g/mol. The molecule has 0 saturated heterocycles. The number of hydrogen-bond acceptors (Lipinski definition) is 10. The van der Waals surface area contributed by atoms with Crippen molar-refractivity contribution in [1.29, 1.82) is 0 Å². The van der Waals surface area contributed by atoms with Gasteiger partial charge in [0.1, 0.15) is 24.6 Å². The van der Waals surface area contributed by atoms with Crippen LogP contribution in [0.25, 0.3) is 0 Å². The molecule has 5 rings (SSSR count). The fraction of sp³-hybridized carbons (Fsp3) is 0.674. The molecule has 11 heteroatoms. The van der Waals surface area contributed by atoms with Gasteiger partial charge in [-0.05, 0) is 117 Å². The van der Waals surface area contributed by atoms with Crippen molar-refractivity contribution in [3.05, 3.63) is 68.8 Å². The number of unbranched alkanes of at least 4 members (excludes halogenated alkanes) is 1. The van der Waals surface area contributed by atoms with Crippen molar-refractivity contribution in [2.45, 2.75) is 138 Å². The fourth-order valence-electron chi connectivity index (χ4n) is 11.2. The molecule has 11 nitrogen and oxygen atoms in total. The van der Waals surface area contributed by atoms with Gasteiger partial charge in [-0.15, -0.1) is 10.1 Å². The summed E-state index contributed by atoms with van der Waals surface area (Å²) < 4.78 is 18.1. The van der Waals surface area contributed by atoms with E-state index < -0.39 is 34.0 Å². The van der Waals surface area contributed by atoms with Crippen LogP contribution in [0.15, 0.2) is 53.1 Å². The maximum Gasteiger partial charge on any atom is 0.334 e. The molecular weight excluding hydrogens is 690 g/mol.